The van der Waals surface area contributed by atoms with Gasteiger partial charge < -0.3 is 18.1 Å². The van der Waals surface area contributed by atoms with Crippen LogP contribution in [0.3, 0.4) is 0 Å². The van der Waals surface area contributed by atoms with Gasteiger partial charge in [-0.15, -0.1) is 13.2 Å². The molecule has 0 unspecified atom stereocenters. The summed E-state index contributed by atoms with van der Waals surface area (Å²) in [6, 6.07) is 0. The molecule has 0 aliphatic carbocycles. The minimum atomic E-state index is -0.135. The summed E-state index contributed by atoms with van der Waals surface area (Å²) in [6.07, 6.45) is 5.37. The second kappa shape index (κ2) is 5.51. The summed E-state index contributed by atoms with van der Waals surface area (Å²) in [6.45, 7) is 9.22. The van der Waals surface area contributed by atoms with Crippen molar-refractivity contribution in [2.75, 3.05) is 0 Å². The number of rotatable bonds is 4. The van der Waals surface area contributed by atoms with Gasteiger partial charge in [0.2, 0.25) is 0 Å². The fourth-order valence-corrected chi connectivity index (χ4v) is 0.743. The largest absolute Gasteiger partial charge is 1.00 e. The van der Waals surface area contributed by atoms with Crippen molar-refractivity contribution in [3.05, 3.63) is 25.3 Å². The number of hydrogen-bond acceptors (Lipinski definition) is 1. The Bertz CT molecular complexity index is 95.8. The molecule has 0 bridgehead atoms. The molecule has 0 amide bonds. The molecule has 0 atom stereocenters. The molecule has 0 spiro atoms. The van der Waals surface area contributed by atoms with Gasteiger partial charge in [0, 0.05) is 5.54 Å². The lowest BCUT2D eigenvalue weighted by Crippen LogP contribution is -3.00. The van der Waals surface area contributed by atoms with Gasteiger partial charge in [-0.2, -0.15) is 0 Å². The van der Waals surface area contributed by atoms with Crippen LogP contribution in [0, 0.1) is 0 Å². The SMILES string of the molecule is C=CCC(C)(N)CC=C.[Cl-]. The molecule has 0 aliphatic rings. The monoisotopic (exact) mass is 160 g/mol. The maximum atomic E-state index is 5.80. The molecule has 0 fully saturated rings. The van der Waals surface area contributed by atoms with Gasteiger partial charge >= 0.3 is 0 Å². The van der Waals surface area contributed by atoms with Gasteiger partial charge in [0.05, 0.1) is 0 Å². The van der Waals surface area contributed by atoms with Gasteiger partial charge in [0.15, 0.2) is 0 Å². The first-order chi connectivity index (χ1) is 4.12. The van der Waals surface area contributed by atoms with E-state index in [1.54, 1.807) is 0 Å². The van der Waals surface area contributed by atoms with E-state index in [9.17, 15) is 0 Å². The Morgan fingerprint density at radius 2 is 1.60 bits per heavy atom. The van der Waals surface area contributed by atoms with Crippen molar-refractivity contribution in [1.29, 1.82) is 0 Å². The van der Waals surface area contributed by atoms with E-state index in [0.717, 1.165) is 12.8 Å². The van der Waals surface area contributed by atoms with Crippen LogP contribution in [0.25, 0.3) is 0 Å². The first-order valence-electron chi connectivity index (χ1n) is 3.13. The molecule has 0 aromatic carbocycles. The van der Waals surface area contributed by atoms with Crippen LogP contribution < -0.4 is 18.1 Å². The van der Waals surface area contributed by atoms with Crippen LogP contribution in [-0.2, 0) is 0 Å². The summed E-state index contributed by atoms with van der Waals surface area (Å²) < 4.78 is 0. The third kappa shape index (κ3) is 5.86. The third-order valence-electron chi connectivity index (χ3n) is 1.22. The van der Waals surface area contributed by atoms with Crippen molar-refractivity contribution in [1.82, 2.24) is 0 Å². The summed E-state index contributed by atoms with van der Waals surface area (Å²) in [5.74, 6) is 0. The quantitative estimate of drug-likeness (QED) is 0.517. The van der Waals surface area contributed by atoms with Crippen LogP contribution >= 0.6 is 0 Å². The predicted octanol–water partition coefficient (Wildman–Crippen LogP) is -1.14. The standard InChI is InChI=1S/C8H15N.ClH/c1-4-6-8(3,9)7-5-2;/h4-5H,1-2,6-7,9H2,3H3;1H/p-1. The minimum Gasteiger partial charge on any atom is -1.00 e. The maximum Gasteiger partial charge on any atom is 0.0195 e. The zero-order valence-corrected chi connectivity index (χ0v) is 7.19. The second-order valence-corrected chi connectivity index (χ2v) is 2.64. The number of hydrogen-bond donors (Lipinski definition) is 1. The Morgan fingerprint density at radius 1 is 1.30 bits per heavy atom. The average Bonchev–Trinajstić information content (AvgIpc) is 1.64. The van der Waals surface area contributed by atoms with Crippen molar-refractivity contribution >= 4 is 0 Å². The second-order valence-electron chi connectivity index (χ2n) is 2.64. The zero-order chi connectivity index (χ0) is 7.33. The Hall–Kier alpha value is -0.270. The van der Waals surface area contributed by atoms with Gasteiger partial charge in [-0.1, -0.05) is 12.2 Å². The molecule has 1 nitrogen and oxygen atoms in total. The Kier molecular flexibility index (Phi) is 6.84. The first-order valence-corrected chi connectivity index (χ1v) is 3.13. The molecule has 0 aliphatic heterocycles. The highest BCUT2D eigenvalue weighted by Gasteiger charge is 2.12. The van der Waals surface area contributed by atoms with E-state index in [1.165, 1.54) is 0 Å². The summed E-state index contributed by atoms with van der Waals surface area (Å²) in [5, 5.41) is 0. The molecule has 0 saturated carbocycles. The molecule has 0 aromatic rings. The van der Waals surface area contributed by atoms with E-state index < -0.39 is 0 Å². The zero-order valence-electron chi connectivity index (χ0n) is 6.44. The van der Waals surface area contributed by atoms with Gasteiger partial charge in [-0.25, -0.2) is 0 Å². The molecule has 0 rings (SSSR count). The van der Waals surface area contributed by atoms with Crippen LogP contribution in [0.1, 0.15) is 19.8 Å². The maximum absolute atomic E-state index is 5.80. The van der Waals surface area contributed by atoms with Crippen molar-refractivity contribution in [2.45, 2.75) is 25.3 Å². The molecule has 0 radical (unpaired) electrons. The summed E-state index contributed by atoms with van der Waals surface area (Å²) >= 11 is 0. The Balaban J connectivity index is 0. The Morgan fingerprint density at radius 3 is 1.80 bits per heavy atom. The summed E-state index contributed by atoms with van der Waals surface area (Å²) in [7, 11) is 0. The molecule has 2 N–H and O–H groups in total. The molecule has 2 heteroatoms. The summed E-state index contributed by atoms with van der Waals surface area (Å²) in [5.41, 5.74) is 5.66. The normalized spacial score (nSPS) is 9.80. The van der Waals surface area contributed by atoms with Gasteiger partial charge in [0.25, 0.3) is 0 Å². The highest BCUT2D eigenvalue weighted by atomic mass is 35.5. The van der Waals surface area contributed by atoms with Gasteiger partial charge in [-0.05, 0) is 19.8 Å². The average molecular weight is 161 g/mol. The van der Waals surface area contributed by atoms with Crippen LogP contribution in [-0.4, -0.2) is 5.54 Å². The van der Waals surface area contributed by atoms with Crippen LogP contribution in [0.4, 0.5) is 0 Å². The van der Waals surface area contributed by atoms with Gasteiger partial charge in [-0.3, -0.25) is 0 Å². The highest BCUT2D eigenvalue weighted by Crippen LogP contribution is 2.10. The predicted molar refractivity (Wildman–Crippen MR) is 42.2 cm³/mol. The van der Waals surface area contributed by atoms with E-state index in [0.29, 0.717) is 0 Å². The van der Waals surface area contributed by atoms with Crippen LogP contribution in [0.2, 0.25) is 0 Å². The topological polar surface area (TPSA) is 26.0 Å². The third-order valence-corrected chi connectivity index (χ3v) is 1.22. The minimum absolute atomic E-state index is 0. The van der Waals surface area contributed by atoms with Crippen molar-refractivity contribution < 1.29 is 12.4 Å². The van der Waals surface area contributed by atoms with Crippen molar-refractivity contribution in [2.24, 2.45) is 5.73 Å². The number of halogens is 1. The van der Waals surface area contributed by atoms with E-state index in [4.69, 9.17) is 5.73 Å². The van der Waals surface area contributed by atoms with Gasteiger partial charge in [0.1, 0.15) is 0 Å². The first kappa shape index (κ1) is 12.4. The molecule has 60 valence electrons. The van der Waals surface area contributed by atoms with Crippen molar-refractivity contribution in [3.63, 3.8) is 0 Å². The molecule has 0 saturated heterocycles. The smallest absolute Gasteiger partial charge is 0.0195 e. The van der Waals surface area contributed by atoms with Crippen LogP contribution in [0.15, 0.2) is 25.3 Å². The molecule has 0 heterocycles. The molecule has 0 aromatic heterocycles. The van der Waals surface area contributed by atoms with Crippen molar-refractivity contribution in [3.8, 4) is 0 Å². The summed E-state index contributed by atoms with van der Waals surface area (Å²) in [4.78, 5) is 0. The Labute approximate surface area is 69.4 Å². The van der Waals surface area contributed by atoms with E-state index in [-0.39, 0.29) is 17.9 Å². The van der Waals surface area contributed by atoms with E-state index in [2.05, 4.69) is 13.2 Å². The molecule has 10 heavy (non-hydrogen) atoms. The fraction of sp³-hybridized carbons (Fsp3) is 0.500. The lowest BCUT2D eigenvalue weighted by molar-refractivity contribution is -0.00000260. The van der Waals surface area contributed by atoms with E-state index in [1.807, 2.05) is 19.1 Å². The number of nitrogens with two attached hydrogens (primary N) is 1. The molecular weight excluding hydrogens is 146 g/mol. The lowest BCUT2D eigenvalue weighted by Gasteiger charge is -2.20. The van der Waals surface area contributed by atoms with E-state index >= 15 is 0 Å². The lowest BCUT2D eigenvalue weighted by atomic mass is 9.95. The molecular formula is C8H15ClN-. The van der Waals surface area contributed by atoms with Crippen LogP contribution in [0.5, 0.6) is 0 Å². The highest BCUT2D eigenvalue weighted by molar-refractivity contribution is 4.91. The fourth-order valence-electron chi connectivity index (χ4n) is 0.743.